The van der Waals surface area contributed by atoms with Gasteiger partial charge in [-0.15, -0.1) is 0 Å². The molecule has 2 aliphatic carbocycles. The standard InChI is InChI=1S/C41H46N8O6/c1-20(2)34(46-40(52)53)38(50)49-31-15-27(31)17-33(49)37-43-19-29(45-37)25-10-9-23-12-22(6-8-24(23)13-25)7-11-28-18-42-36(44-28)32-16-26-14-30(26)48(32)39(51)35(21(3)4)47-41(54)55-5/h6,8-10,12-13,18-21,26-27,30-35,46H,14-17H2,1-5H3,(H,42,44)(H,43,45)(H,47,54)(H,52,53)/t26-,27-,30-,31-,32+,33+,34+,35+/m1/s1. The Morgan fingerprint density at radius 1 is 0.782 bits per heavy atom. The minimum absolute atomic E-state index is 0.110. The lowest BCUT2D eigenvalue weighted by molar-refractivity contribution is -0.137. The van der Waals surface area contributed by atoms with Crippen LogP contribution < -0.4 is 10.6 Å². The number of hydrogen-bond donors (Lipinski definition) is 5. The van der Waals surface area contributed by atoms with Gasteiger partial charge in [-0.3, -0.25) is 9.59 Å². The van der Waals surface area contributed by atoms with Gasteiger partial charge < -0.3 is 40.2 Å². The second-order valence-electron chi connectivity index (χ2n) is 16.0. The van der Waals surface area contributed by atoms with Gasteiger partial charge in [-0.25, -0.2) is 19.6 Å². The van der Waals surface area contributed by atoms with Crippen LogP contribution in [0, 0.1) is 35.5 Å². The van der Waals surface area contributed by atoms with Crippen LogP contribution in [0.5, 0.6) is 0 Å². The highest BCUT2D eigenvalue weighted by Gasteiger charge is 2.57. The summed E-state index contributed by atoms with van der Waals surface area (Å²) >= 11 is 0. The van der Waals surface area contributed by atoms with Crippen LogP contribution in [0.4, 0.5) is 9.59 Å². The molecule has 0 radical (unpaired) electrons. The quantitative estimate of drug-likeness (QED) is 0.142. The molecular weight excluding hydrogens is 701 g/mol. The molecule has 4 amide bonds. The summed E-state index contributed by atoms with van der Waals surface area (Å²) in [5.41, 5.74) is 3.12. The average Bonchev–Trinajstić information content (AvgIpc) is 3.76. The van der Waals surface area contributed by atoms with Crippen LogP contribution in [0.25, 0.3) is 22.0 Å². The third-order valence-electron chi connectivity index (χ3n) is 11.6. The normalized spacial score (nSPS) is 24.5. The predicted octanol–water partition coefficient (Wildman–Crippen LogP) is 5.35. The van der Waals surface area contributed by atoms with Crippen molar-refractivity contribution in [2.45, 2.75) is 89.6 Å². The molecule has 2 aromatic heterocycles. The lowest BCUT2D eigenvalue weighted by Gasteiger charge is -2.31. The first-order chi connectivity index (χ1) is 26.4. The number of methoxy groups -OCH3 is 1. The van der Waals surface area contributed by atoms with E-state index in [0.29, 0.717) is 29.2 Å². The molecule has 2 aromatic carbocycles. The van der Waals surface area contributed by atoms with Gasteiger partial charge >= 0.3 is 12.2 Å². The van der Waals surface area contributed by atoms with Crippen LogP contribution >= 0.6 is 0 Å². The highest BCUT2D eigenvalue weighted by molar-refractivity contribution is 5.89. The number of piperidine rings is 2. The molecule has 0 spiro atoms. The second kappa shape index (κ2) is 14.1. The largest absolute Gasteiger partial charge is 0.465 e. The lowest BCUT2D eigenvalue weighted by Crippen LogP contribution is -2.52. The summed E-state index contributed by atoms with van der Waals surface area (Å²) in [5, 5.41) is 16.5. The number of hydrogen-bond acceptors (Lipinski definition) is 7. The summed E-state index contributed by atoms with van der Waals surface area (Å²) in [7, 11) is 1.29. The third kappa shape index (κ3) is 6.99. The van der Waals surface area contributed by atoms with Gasteiger partial charge in [-0.2, -0.15) is 0 Å². The van der Waals surface area contributed by atoms with E-state index in [1.807, 2.05) is 74.0 Å². The van der Waals surface area contributed by atoms with E-state index >= 15 is 0 Å². The number of aromatic nitrogens is 4. The van der Waals surface area contributed by atoms with Crippen LogP contribution in [-0.2, 0) is 14.3 Å². The van der Waals surface area contributed by atoms with Crippen molar-refractivity contribution in [3.05, 3.63) is 71.7 Å². The summed E-state index contributed by atoms with van der Waals surface area (Å²) < 4.78 is 4.77. The molecule has 4 heterocycles. The zero-order chi connectivity index (χ0) is 38.7. The second-order valence-corrected chi connectivity index (χ2v) is 16.0. The van der Waals surface area contributed by atoms with Crippen molar-refractivity contribution in [2.24, 2.45) is 23.7 Å². The topological polar surface area (TPSA) is 186 Å². The monoisotopic (exact) mass is 746 g/mol. The first-order valence-corrected chi connectivity index (χ1v) is 19.0. The molecule has 2 aliphatic heterocycles. The zero-order valence-corrected chi connectivity index (χ0v) is 31.5. The summed E-state index contributed by atoms with van der Waals surface area (Å²) in [6, 6.07) is 10.5. The van der Waals surface area contributed by atoms with Crippen molar-refractivity contribution < 1.29 is 29.0 Å². The molecule has 55 heavy (non-hydrogen) atoms. The Morgan fingerprint density at radius 3 is 1.98 bits per heavy atom. The van der Waals surface area contributed by atoms with Crippen molar-refractivity contribution in [2.75, 3.05) is 7.11 Å². The van der Waals surface area contributed by atoms with E-state index in [1.165, 1.54) is 7.11 Å². The van der Waals surface area contributed by atoms with Gasteiger partial charge in [0.1, 0.15) is 29.4 Å². The zero-order valence-electron chi connectivity index (χ0n) is 31.5. The van der Waals surface area contributed by atoms with Gasteiger partial charge in [0.25, 0.3) is 0 Å². The molecule has 286 valence electrons. The maximum absolute atomic E-state index is 13.7. The first kappa shape index (κ1) is 36.2. The number of carbonyl (C=O) groups is 4. The van der Waals surface area contributed by atoms with E-state index < -0.39 is 24.3 Å². The summed E-state index contributed by atoms with van der Waals surface area (Å²) in [5.74, 6) is 8.03. The molecule has 8 atom stereocenters. The minimum atomic E-state index is -1.20. The van der Waals surface area contributed by atoms with Gasteiger partial charge in [0.2, 0.25) is 11.8 Å². The van der Waals surface area contributed by atoms with Gasteiger partial charge in [0, 0.05) is 35.6 Å². The molecule has 0 unspecified atom stereocenters. The number of nitrogens with zero attached hydrogens (tertiary/aromatic N) is 4. The number of ether oxygens (including phenoxy) is 1. The number of fused-ring (bicyclic) bond motifs is 3. The summed E-state index contributed by atoms with van der Waals surface area (Å²) in [4.78, 5) is 70.8. The smallest absolute Gasteiger partial charge is 0.407 e. The SMILES string of the molecule is COC(=O)N[C@H](C(=O)N1[C@@H]2C[C@@H]2C[C@H]1c1nc(C#Cc2ccc3cc(-c4c[nH]c([C@@H]5C[C@H]6C[C@H]6N5C(=O)[C@@H](NC(=O)O)C(C)C)n4)ccc3c2)c[nH]1)C(C)C. The number of H-pyrrole nitrogens is 2. The molecule has 14 heteroatoms. The molecule has 2 saturated heterocycles. The molecule has 4 aliphatic rings. The number of nitrogens with one attached hydrogen (secondary N) is 4. The first-order valence-electron chi connectivity index (χ1n) is 19.0. The molecule has 14 nitrogen and oxygen atoms in total. The van der Waals surface area contributed by atoms with Gasteiger partial charge in [-0.1, -0.05) is 51.8 Å². The fraction of sp³-hybridized carbons (Fsp3) is 0.463. The Bertz CT molecular complexity index is 2230. The Morgan fingerprint density at radius 2 is 1.36 bits per heavy atom. The van der Waals surface area contributed by atoms with Crippen molar-refractivity contribution in [1.29, 1.82) is 0 Å². The molecule has 2 saturated carbocycles. The van der Waals surface area contributed by atoms with Crippen LogP contribution in [0.3, 0.4) is 0 Å². The van der Waals surface area contributed by atoms with E-state index in [4.69, 9.17) is 14.7 Å². The Labute approximate surface area is 318 Å². The summed E-state index contributed by atoms with van der Waals surface area (Å²) in [6.07, 6.45) is 5.32. The van der Waals surface area contributed by atoms with E-state index in [2.05, 4.69) is 38.5 Å². The van der Waals surface area contributed by atoms with Gasteiger partial charge in [0.05, 0.1) is 24.9 Å². The predicted molar refractivity (Wildman–Crippen MR) is 202 cm³/mol. The van der Waals surface area contributed by atoms with Crippen molar-refractivity contribution >= 4 is 34.8 Å². The average molecular weight is 747 g/mol. The number of carboxylic acid groups (broad SMARTS) is 1. The van der Waals surface area contributed by atoms with Gasteiger partial charge in [0.15, 0.2) is 0 Å². The van der Waals surface area contributed by atoms with Crippen molar-refractivity contribution in [1.82, 2.24) is 40.4 Å². The van der Waals surface area contributed by atoms with Crippen molar-refractivity contribution in [3.63, 3.8) is 0 Å². The fourth-order valence-corrected chi connectivity index (χ4v) is 8.55. The molecule has 0 bridgehead atoms. The van der Waals surface area contributed by atoms with E-state index in [1.54, 1.807) is 6.20 Å². The minimum Gasteiger partial charge on any atom is -0.465 e. The Hall–Kier alpha value is -5.84. The molecule has 4 aromatic rings. The molecular formula is C41H46N8O6. The number of rotatable bonds is 9. The number of aromatic amines is 2. The van der Waals surface area contributed by atoms with Crippen molar-refractivity contribution in [3.8, 4) is 23.1 Å². The lowest BCUT2D eigenvalue weighted by atomic mass is 10.0. The Balaban J connectivity index is 0.953. The fourth-order valence-electron chi connectivity index (χ4n) is 8.55. The maximum atomic E-state index is 13.7. The number of likely N-dealkylation sites (tertiary alicyclic amines) is 2. The number of amides is 4. The van der Waals surface area contributed by atoms with E-state index in [-0.39, 0.29) is 47.8 Å². The third-order valence-corrected chi connectivity index (χ3v) is 11.6. The van der Waals surface area contributed by atoms with Crippen LogP contribution in [0.1, 0.15) is 88.4 Å². The van der Waals surface area contributed by atoms with E-state index in [0.717, 1.165) is 53.3 Å². The number of carbonyl (C=O) groups excluding carboxylic acids is 3. The Kier molecular flexibility index (Phi) is 9.27. The number of alkyl carbamates (subject to hydrolysis) is 1. The number of benzene rings is 2. The molecule has 5 N–H and O–H groups in total. The number of imidazole rings is 2. The van der Waals surface area contributed by atoms with E-state index in [9.17, 15) is 24.3 Å². The summed E-state index contributed by atoms with van der Waals surface area (Å²) in [6.45, 7) is 7.50. The van der Waals surface area contributed by atoms with Crippen LogP contribution in [-0.4, -0.2) is 90.1 Å². The molecule has 4 fully saturated rings. The van der Waals surface area contributed by atoms with Gasteiger partial charge in [-0.05, 0) is 84.2 Å². The highest BCUT2D eigenvalue weighted by atomic mass is 16.5. The van der Waals surface area contributed by atoms with Crippen LogP contribution in [0.2, 0.25) is 0 Å². The molecule has 8 rings (SSSR count). The highest BCUT2D eigenvalue weighted by Crippen LogP contribution is 2.54. The van der Waals surface area contributed by atoms with Crippen LogP contribution in [0.15, 0.2) is 48.8 Å². The maximum Gasteiger partial charge on any atom is 0.407 e.